The summed E-state index contributed by atoms with van der Waals surface area (Å²) in [6.07, 6.45) is 1.05. The van der Waals surface area contributed by atoms with Crippen molar-refractivity contribution in [3.8, 4) is 11.5 Å². The van der Waals surface area contributed by atoms with Crippen LogP contribution in [0.25, 0.3) is 0 Å². The first-order valence-electron chi connectivity index (χ1n) is 7.50. The SMILES string of the molecule is COc1cccc(OCc2n[nH]c(=S)n2/N=C\c2c(F)cccc2F)c1. The highest BCUT2D eigenvalue weighted by atomic mass is 32.1. The van der Waals surface area contributed by atoms with Gasteiger partial charge in [0, 0.05) is 6.07 Å². The summed E-state index contributed by atoms with van der Waals surface area (Å²) in [7, 11) is 1.56. The summed E-state index contributed by atoms with van der Waals surface area (Å²) >= 11 is 5.09. The molecule has 0 aliphatic rings. The van der Waals surface area contributed by atoms with Crippen molar-refractivity contribution in [2.75, 3.05) is 7.11 Å². The minimum atomic E-state index is -0.724. The number of methoxy groups -OCH3 is 1. The fourth-order valence-corrected chi connectivity index (χ4v) is 2.32. The van der Waals surface area contributed by atoms with Crippen molar-refractivity contribution in [2.45, 2.75) is 6.61 Å². The van der Waals surface area contributed by atoms with Gasteiger partial charge in [-0.3, -0.25) is 0 Å². The molecule has 0 amide bonds. The average molecular weight is 376 g/mol. The molecule has 3 rings (SSSR count). The van der Waals surface area contributed by atoms with Crippen LogP contribution in [0.3, 0.4) is 0 Å². The van der Waals surface area contributed by atoms with Gasteiger partial charge in [-0.1, -0.05) is 12.1 Å². The number of hydrogen-bond donors (Lipinski definition) is 1. The van der Waals surface area contributed by atoms with Gasteiger partial charge in [-0.2, -0.15) is 14.9 Å². The molecule has 0 saturated heterocycles. The van der Waals surface area contributed by atoms with Crippen LogP contribution in [-0.4, -0.2) is 28.2 Å². The van der Waals surface area contributed by atoms with Gasteiger partial charge in [0.1, 0.15) is 29.7 Å². The summed E-state index contributed by atoms with van der Waals surface area (Å²) in [4.78, 5) is 0. The number of benzene rings is 2. The molecule has 9 heteroatoms. The van der Waals surface area contributed by atoms with Crippen molar-refractivity contribution in [3.63, 3.8) is 0 Å². The number of ether oxygens (including phenoxy) is 2. The number of hydrogen-bond acceptors (Lipinski definition) is 5. The van der Waals surface area contributed by atoms with Gasteiger partial charge in [-0.05, 0) is 36.5 Å². The maximum atomic E-state index is 13.7. The highest BCUT2D eigenvalue weighted by molar-refractivity contribution is 7.71. The van der Waals surface area contributed by atoms with Crippen molar-refractivity contribution in [3.05, 3.63) is 70.3 Å². The highest BCUT2D eigenvalue weighted by Gasteiger charge is 2.09. The first-order chi connectivity index (χ1) is 12.6. The van der Waals surface area contributed by atoms with Crippen LogP contribution in [0.2, 0.25) is 0 Å². The maximum absolute atomic E-state index is 13.7. The Morgan fingerprint density at radius 1 is 1.19 bits per heavy atom. The second-order valence-corrected chi connectivity index (χ2v) is 5.49. The lowest BCUT2D eigenvalue weighted by Gasteiger charge is -2.07. The molecule has 1 aromatic heterocycles. The molecule has 0 spiro atoms. The number of aromatic nitrogens is 3. The summed E-state index contributed by atoms with van der Waals surface area (Å²) < 4.78 is 39.6. The molecule has 1 heterocycles. The maximum Gasteiger partial charge on any atom is 0.216 e. The molecule has 0 unspecified atom stereocenters. The Kier molecular flexibility index (Phi) is 5.37. The smallest absolute Gasteiger partial charge is 0.216 e. The van der Waals surface area contributed by atoms with Gasteiger partial charge in [0.25, 0.3) is 0 Å². The quantitative estimate of drug-likeness (QED) is 0.526. The number of rotatable bonds is 6. The van der Waals surface area contributed by atoms with Gasteiger partial charge >= 0.3 is 0 Å². The lowest BCUT2D eigenvalue weighted by molar-refractivity contribution is 0.288. The van der Waals surface area contributed by atoms with Crippen LogP contribution in [0.15, 0.2) is 47.6 Å². The van der Waals surface area contributed by atoms with Crippen LogP contribution < -0.4 is 9.47 Å². The van der Waals surface area contributed by atoms with E-state index in [-0.39, 0.29) is 16.9 Å². The first kappa shape index (κ1) is 17.7. The topological polar surface area (TPSA) is 64.4 Å². The molecule has 1 N–H and O–H groups in total. The zero-order chi connectivity index (χ0) is 18.5. The average Bonchev–Trinajstić information content (AvgIpc) is 2.99. The molecule has 0 radical (unpaired) electrons. The van der Waals surface area contributed by atoms with E-state index in [1.807, 2.05) is 0 Å². The van der Waals surface area contributed by atoms with Crippen molar-refractivity contribution < 1.29 is 18.3 Å². The van der Waals surface area contributed by atoms with E-state index in [1.54, 1.807) is 31.4 Å². The van der Waals surface area contributed by atoms with Crippen LogP contribution >= 0.6 is 12.2 Å². The summed E-state index contributed by atoms with van der Waals surface area (Å²) in [5, 5.41) is 10.6. The number of halogens is 2. The van der Waals surface area contributed by atoms with Crippen LogP contribution in [0, 0.1) is 16.4 Å². The zero-order valence-corrected chi connectivity index (χ0v) is 14.5. The van der Waals surface area contributed by atoms with E-state index in [0.29, 0.717) is 17.3 Å². The predicted octanol–water partition coefficient (Wildman–Crippen LogP) is 3.69. The van der Waals surface area contributed by atoms with Gasteiger partial charge in [-0.25, -0.2) is 13.9 Å². The fourth-order valence-electron chi connectivity index (χ4n) is 2.13. The van der Waals surface area contributed by atoms with E-state index in [1.165, 1.54) is 10.7 Å². The van der Waals surface area contributed by atoms with Gasteiger partial charge < -0.3 is 9.47 Å². The Balaban J connectivity index is 1.81. The zero-order valence-electron chi connectivity index (χ0n) is 13.6. The molecule has 6 nitrogen and oxygen atoms in total. The van der Waals surface area contributed by atoms with Crippen LogP contribution in [0.1, 0.15) is 11.4 Å². The van der Waals surface area contributed by atoms with Crippen LogP contribution in [0.5, 0.6) is 11.5 Å². The van der Waals surface area contributed by atoms with Crippen LogP contribution in [-0.2, 0) is 6.61 Å². The first-order valence-corrected chi connectivity index (χ1v) is 7.91. The Labute approximate surface area is 152 Å². The third kappa shape index (κ3) is 3.94. The minimum absolute atomic E-state index is 0.0391. The molecule has 0 fully saturated rings. The normalized spacial score (nSPS) is 11.0. The molecule has 0 atom stereocenters. The fraction of sp³-hybridized carbons (Fsp3) is 0.118. The lowest BCUT2D eigenvalue weighted by atomic mass is 10.2. The van der Waals surface area contributed by atoms with E-state index < -0.39 is 11.6 Å². The third-order valence-electron chi connectivity index (χ3n) is 3.43. The van der Waals surface area contributed by atoms with E-state index in [4.69, 9.17) is 21.7 Å². The number of H-pyrrole nitrogens is 1. The van der Waals surface area contributed by atoms with Gasteiger partial charge in [0.15, 0.2) is 5.82 Å². The molecular formula is C17H14F2N4O2S. The van der Waals surface area contributed by atoms with Crippen LogP contribution in [0.4, 0.5) is 8.78 Å². The van der Waals surface area contributed by atoms with Crippen molar-refractivity contribution in [2.24, 2.45) is 5.10 Å². The molecule has 3 aromatic rings. The Hall–Kier alpha value is -3.07. The second kappa shape index (κ2) is 7.87. The number of nitrogens with zero attached hydrogens (tertiary/aromatic N) is 3. The summed E-state index contributed by atoms with van der Waals surface area (Å²) in [6, 6.07) is 10.6. The number of aromatic amines is 1. The molecule has 134 valence electrons. The molecule has 26 heavy (non-hydrogen) atoms. The third-order valence-corrected chi connectivity index (χ3v) is 3.69. The lowest BCUT2D eigenvalue weighted by Crippen LogP contribution is -2.05. The van der Waals surface area contributed by atoms with E-state index >= 15 is 0 Å². The van der Waals surface area contributed by atoms with Crippen molar-refractivity contribution in [1.29, 1.82) is 0 Å². The molecular weight excluding hydrogens is 362 g/mol. The van der Waals surface area contributed by atoms with Gasteiger partial charge in [0.05, 0.1) is 18.9 Å². The molecule has 0 aliphatic heterocycles. The predicted molar refractivity (Wildman–Crippen MR) is 94.1 cm³/mol. The molecule has 0 aliphatic carbocycles. The Morgan fingerprint density at radius 3 is 2.62 bits per heavy atom. The standard InChI is InChI=1S/C17H14F2N4O2S/c1-24-11-4-2-5-12(8-11)25-10-16-21-22-17(26)23(16)20-9-13-14(18)6-3-7-15(13)19/h2-9H,10H2,1H3,(H,22,26)/b20-9-. The largest absolute Gasteiger partial charge is 0.497 e. The van der Waals surface area contributed by atoms with Crippen molar-refractivity contribution in [1.82, 2.24) is 14.9 Å². The molecule has 2 aromatic carbocycles. The number of nitrogens with one attached hydrogen (secondary N) is 1. The highest BCUT2D eigenvalue weighted by Crippen LogP contribution is 2.19. The minimum Gasteiger partial charge on any atom is -0.497 e. The summed E-state index contributed by atoms with van der Waals surface area (Å²) in [6.45, 7) is 0.0391. The molecule has 0 bridgehead atoms. The van der Waals surface area contributed by atoms with Crippen molar-refractivity contribution >= 4 is 18.4 Å². The Morgan fingerprint density at radius 2 is 1.88 bits per heavy atom. The van der Waals surface area contributed by atoms with Gasteiger partial charge in [0.2, 0.25) is 4.77 Å². The van der Waals surface area contributed by atoms with Gasteiger partial charge in [-0.15, -0.1) is 0 Å². The van der Waals surface area contributed by atoms with E-state index in [9.17, 15) is 8.78 Å². The second-order valence-electron chi connectivity index (χ2n) is 5.10. The molecule has 0 saturated carbocycles. The van der Waals surface area contributed by atoms with E-state index in [2.05, 4.69) is 15.3 Å². The Bertz CT molecular complexity index is 980. The summed E-state index contributed by atoms with van der Waals surface area (Å²) in [5.74, 6) is 0.102. The van der Waals surface area contributed by atoms with E-state index in [0.717, 1.165) is 18.3 Å². The summed E-state index contributed by atoms with van der Waals surface area (Å²) in [5.41, 5.74) is -0.268. The monoisotopic (exact) mass is 376 g/mol.